The molecule has 1 heterocycles. The summed E-state index contributed by atoms with van der Waals surface area (Å²) in [4.78, 5) is 34.5. The van der Waals surface area contributed by atoms with Crippen molar-refractivity contribution in [3.63, 3.8) is 0 Å². The van der Waals surface area contributed by atoms with E-state index in [0.29, 0.717) is 19.6 Å². The van der Waals surface area contributed by atoms with E-state index >= 15 is 0 Å². The molecule has 0 aromatic rings. The van der Waals surface area contributed by atoms with E-state index in [4.69, 9.17) is 9.47 Å². The summed E-state index contributed by atoms with van der Waals surface area (Å²) in [5, 5.41) is 11.7. The largest absolute Gasteiger partial charge is 0.480 e. The number of carboxylic acid groups (broad SMARTS) is 1. The Bertz CT molecular complexity index is 364. The van der Waals surface area contributed by atoms with Crippen molar-refractivity contribution in [3.05, 3.63) is 0 Å². The Hall–Kier alpha value is -1.63. The fraction of sp³-hybridized carbons (Fsp3) is 0.769. The Balaban J connectivity index is 2.56. The van der Waals surface area contributed by atoms with Gasteiger partial charge in [-0.15, -0.1) is 0 Å². The second kappa shape index (κ2) is 7.84. The Morgan fingerprint density at radius 2 is 2.15 bits per heavy atom. The first-order valence-corrected chi connectivity index (χ1v) is 6.72. The van der Waals surface area contributed by atoms with Crippen molar-refractivity contribution in [1.29, 1.82) is 0 Å². The summed E-state index contributed by atoms with van der Waals surface area (Å²) in [5.74, 6) is -2.83. The van der Waals surface area contributed by atoms with Gasteiger partial charge < -0.3 is 19.9 Å². The zero-order chi connectivity index (χ0) is 15.1. The summed E-state index contributed by atoms with van der Waals surface area (Å²) < 4.78 is 9.88. The van der Waals surface area contributed by atoms with E-state index in [-0.39, 0.29) is 24.9 Å². The molecule has 1 aliphatic rings. The monoisotopic (exact) mass is 287 g/mol. The Labute approximate surface area is 117 Å². The molecule has 7 heteroatoms. The summed E-state index contributed by atoms with van der Waals surface area (Å²) in [6.45, 7) is 4.34. The minimum Gasteiger partial charge on any atom is -0.480 e. The van der Waals surface area contributed by atoms with Crippen LogP contribution in [0, 0.1) is 11.8 Å². The summed E-state index contributed by atoms with van der Waals surface area (Å²) in [6, 6.07) is -1.10. The van der Waals surface area contributed by atoms with Gasteiger partial charge in [0.15, 0.2) is 0 Å². The fourth-order valence-corrected chi connectivity index (χ4v) is 2.06. The molecule has 0 bridgehead atoms. The molecular formula is C13H21NO6. The number of ether oxygens (including phenoxy) is 2. The van der Waals surface area contributed by atoms with Gasteiger partial charge in [-0.05, 0) is 19.3 Å². The highest BCUT2D eigenvalue weighted by atomic mass is 16.5. The number of amides is 1. The predicted octanol–water partition coefficient (Wildman–Crippen LogP) is 0.182. The highest BCUT2D eigenvalue weighted by Crippen LogP contribution is 2.15. The normalized spacial score (nSPS) is 21.0. The molecule has 0 aromatic heterocycles. The van der Waals surface area contributed by atoms with Crippen LogP contribution in [0.2, 0.25) is 0 Å². The summed E-state index contributed by atoms with van der Waals surface area (Å²) in [6.07, 6.45) is 0.538. The van der Waals surface area contributed by atoms with E-state index in [2.05, 4.69) is 5.32 Å². The first-order valence-electron chi connectivity index (χ1n) is 6.72. The summed E-state index contributed by atoms with van der Waals surface area (Å²) in [5.41, 5.74) is 0. The zero-order valence-corrected chi connectivity index (χ0v) is 11.8. The van der Waals surface area contributed by atoms with Crippen LogP contribution in [0.1, 0.15) is 26.7 Å². The van der Waals surface area contributed by atoms with Crippen molar-refractivity contribution >= 4 is 17.8 Å². The van der Waals surface area contributed by atoms with Crippen LogP contribution in [0.15, 0.2) is 0 Å². The molecule has 1 fully saturated rings. The van der Waals surface area contributed by atoms with E-state index < -0.39 is 23.9 Å². The first-order chi connectivity index (χ1) is 9.45. The molecule has 1 saturated heterocycles. The lowest BCUT2D eigenvalue weighted by Gasteiger charge is -2.22. The van der Waals surface area contributed by atoms with Gasteiger partial charge in [0.05, 0.1) is 25.6 Å². The third-order valence-corrected chi connectivity index (χ3v) is 3.23. The molecule has 1 aliphatic heterocycles. The fourth-order valence-electron chi connectivity index (χ4n) is 2.06. The van der Waals surface area contributed by atoms with Crippen molar-refractivity contribution in [1.82, 2.24) is 5.32 Å². The summed E-state index contributed by atoms with van der Waals surface area (Å²) >= 11 is 0. The van der Waals surface area contributed by atoms with Crippen molar-refractivity contribution in [3.8, 4) is 0 Å². The molecule has 0 aromatic carbocycles. The lowest BCUT2D eigenvalue weighted by atomic mass is 9.97. The molecule has 0 unspecified atom stereocenters. The van der Waals surface area contributed by atoms with Crippen molar-refractivity contribution in [2.45, 2.75) is 32.7 Å². The standard InChI is InChI=1S/C13H21NO6/c1-3-20-10(15)6-8(2)11(13(17)18)14-12(16)9-4-5-19-7-9/h8-9,11H,3-7H2,1-2H3,(H,14,16)(H,17,18)/t8-,9-,11+/m1/s1. The van der Waals surface area contributed by atoms with Crippen LogP contribution in [-0.2, 0) is 23.9 Å². The lowest BCUT2D eigenvalue weighted by Crippen LogP contribution is -2.48. The predicted molar refractivity (Wildman–Crippen MR) is 68.9 cm³/mol. The Morgan fingerprint density at radius 1 is 1.45 bits per heavy atom. The third kappa shape index (κ3) is 4.80. The maximum Gasteiger partial charge on any atom is 0.326 e. The maximum atomic E-state index is 11.9. The average molecular weight is 287 g/mol. The highest BCUT2D eigenvalue weighted by molar-refractivity contribution is 5.85. The molecular weight excluding hydrogens is 266 g/mol. The van der Waals surface area contributed by atoms with Crippen LogP contribution in [0.25, 0.3) is 0 Å². The van der Waals surface area contributed by atoms with E-state index in [1.54, 1.807) is 13.8 Å². The van der Waals surface area contributed by atoms with Crippen LogP contribution in [-0.4, -0.2) is 48.8 Å². The van der Waals surface area contributed by atoms with Gasteiger partial charge in [0.25, 0.3) is 0 Å². The smallest absolute Gasteiger partial charge is 0.326 e. The minimum atomic E-state index is -1.16. The SMILES string of the molecule is CCOC(=O)C[C@@H](C)[C@H](NC(=O)[C@@H]1CCOC1)C(=O)O. The number of carbonyl (C=O) groups is 3. The molecule has 0 radical (unpaired) electrons. The molecule has 114 valence electrons. The quantitative estimate of drug-likeness (QED) is 0.648. The molecule has 0 aliphatic carbocycles. The van der Waals surface area contributed by atoms with Gasteiger partial charge in [-0.2, -0.15) is 0 Å². The molecule has 20 heavy (non-hydrogen) atoms. The summed E-state index contributed by atoms with van der Waals surface area (Å²) in [7, 11) is 0. The van der Waals surface area contributed by atoms with Crippen LogP contribution in [0.4, 0.5) is 0 Å². The number of nitrogens with one attached hydrogen (secondary N) is 1. The van der Waals surface area contributed by atoms with Crippen LogP contribution in [0.5, 0.6) is 0 Å². The van der Waals surface area contributed by atoms with E-state index in [1.165, 1.54) is 0 Å². The number of carbonyl (C=O) groups excluding carboxylic acids is 2. The maximum absolute atomic E-state index is 11.9. The second-order valence-corrected chi connectivity index (χ2v) is 4.87. The van der Waals surface area contributed by atoms with Crippen LogP contribution in [0.3, 0.4) is 0 Å². The Kier molecular flexibility index (Phi) is 6.44. The van der Waals surface area contributed by atoms with Crippen LogP contribution < -0.4 is 5.32 Å². The number of carboxylic acids is 1. The van der Waals surface area contributed by atoms with E-state index in [9.17, 15) is 19.5 Å². The topological polar surface area (TPSA) is 102 Å². The average Bonchev–Trinajstić information content (AvgIpc) is 2.89. The molecule has 2 N–H and O–H groups in total. The van der Waals surface area contributed by atoms with Gasteiger partial charge in [0, 0.05) is 6.61 Å². The number of esters is 1. The van der Waals surface area contributed by atoms with Gasteiger partial charge in [0.1, 0.15) is 6.04 Å². The van der Waals surface area contributed by atoms with Crippen molar-refractivity contribution < 1.29 is 29.0 Å². The third-order valence-electron chi connectivity index (χ3n) is 3.23. The minimum absolute atomic E-state index is 0.0494. The lowest BCUT2D eigenvalue weighted by molar-refractivity contribution is -0.147. The van der Waals surface area contributed by atoms with Crippen molar-refractivity contribution in [2.75, 3.05) is 19.8 Å². The molecule has 1 amide bonds. The van der Waals surface area contributed by atoms with E-state index in [0.717, 1.165) is 0 Å². The molecule has 0 spiro atoms. The Morgan fingerprint density at radius 3 is 2.65 bits per heavy atom. The van der Waals surface area contributed by atoms with E-state index in [1.807, 2.05) is 0 Å². The zero-order valence-electron chi connectivity index (χ0n) is 11.8. The molecule has 7 nitrogen and oxygen atoms in total. The van der Waals surface area contributed by atoms with Gasteiger partial charge in [-0.25, -0.2) is 4.79 Å². The first kappa shape index (κ1) is 16.4. The number of hydrogen-bond donors (Lipinski definition) is 2. The number of rotatable bonds is 7. The number of hydrogen-bond acceptors (Lipinski definition) is 5. The molecule has 1 rings (SSSR count). The van der Waals surface area contributed by atoms with Gasteiger partial charge >= 0.3 is 11.9 Å². The molecule has 0 saturated carbocycles. The molecule has 3 atom stereocenters. The van der Waals surface area contributed by atoms with Gasteiger partial charge in [-0.3, -0.25) is 9.59 Å². The van der Waals surface area contributed by atoms with Crippen molar-refractivity contribution in [2.24, 2.45) is 11.8 Å². The van der Waals surface area contributed by atoms with Gasteiger partial charge in [-0.1, -0.05) is 6.92 Å². The second-order valence-electron chi connectivity index (χ2n) is 4.87. The highest BCUT2D eigenvalue weighted by Gasteiger charge is 2.32. The van der Waals surface area contributed by atoms with Crippen LogP contribution >= 0.6 is 0 Å². The number of aliphatic carboxylic acids is 1. The van der Waals surface area contributed by atoms with Gasteiger partial charge in [0.2, 0.25) is 5.91 Å².